The van der Waals surface area contributed by atoms with Crippen molar-refractivity contribution in [3.05, 3.63) is 29.5 Å². The maximum Gasteiger partial charge on any atom is 0.132 e. The molecule has 2 aromatic rings. The van der Waals surface area contributed by atoms with Gasteiger partial charge in [0.2, 0.25) is 0 Å². The second kappa shape index (κ2) is 4.00. The quantitative estimate of drug-likeness (QED) is 0.775. The molecule has 0 aliphatic carbocycles. The van der Waals surface area contributed by atoms with E-state index in [4.69, 9.17) is 9.47 Å². The van der Waals surface area contributed by atoms with Crippen molar-refractivity contribution in [1.29, 1.82) is 0 Å². The van der Waals surface area contributed by atoms with Crippen molar-refractivity contribution in [3.63, 3.8) is 0 Å². The van der Waals surface area contributed by atoms with E-state index in [1.165, 1.54) is 5.56 Å². The molecule has 0 saturated carbocycles. The lowest BCUT2D eigenvalue weighted by Gasteiger charge is -2.11. The van der Waals surface area contributed by atoms with Gasteiger partial charge in [0.15, 0.2) is 0 Å². The van der Waals surface area contributed by atoms with Gasteiger partial charge in [-0.3, -0.25) is 4.98 Å². The normalized spacial score (nSPS) is 10.5. The van der Waals surface area contributed by atoms with E-state index in [2.05, 4.69) is 18.0 Å². The van der Waals surface area contributed by atoms with Gasteiger partial charge in [0.1, 0.15) is 11.5 Å². The zero-order valence-electron chi connectivity index (χ0n) is 10.00. The van der Waals surface area contributed by atoms with E-state index in [1.54, 1.807) is 14.2 Å². The summed E-state index contributed by atoms with van der Waals surface area (Å²) in [7, 11) is 3.30. The van der Waals surface area contributed by atoms with Crippen LogP contribution in [0.1, 0.15) is 11.3 Å². The largest absolute Gasteiger partial charge is 0.497 e. The van der Waals surface area contributed by atoms with E-state index in [0.717, 1.165) is 28.1 Å². The molecular formula is C13H15NO2. The molecule has 1 aromatic heterocycles. The molecule has 0 bridgehead atoms. The van der Waals surface area contributed by atoms with E-state index in [0.29, 0.717) is 0 Å². The first-order chi connectivity index (χ1) is 7.65. The molecule has 84 valence electrons. The number of hydrogen-bond acceptors (Lipinski definition) is 3. The van der Waals surface area contributed by atoms with Crippen LogP contribution < -0.4 is 9.47 Å². The predicted molar refractivity (Wildman–Crippen MR) is 64.3 cm³/mol. The second-order valence-corrected chi connectivity index (χ2v) is 3.80. The first-order valence-corrected chi connectivity index (χ1v) is 5.15. The van der Waals surface area contributed by atoms with Crippen LogP contribution in [0.15, 0.2) is 18.2 Å². The van der Waals surface area contributed by atoms with E-state index in [9.17, 15) is 0 Å². The molecule has 1 heterocycles. The third-order valence-electron chi connectivity index (χ3n) is 2.63. The average molecular weight is 217 g/mol. The van der Waals surface area contributed by atoms with Gasteiger partial charge in [0, 0.05) is 23.2 Å². The highest BCUT2D eigenvalue weighted by atomic mass is 16.5. The summed E-state index contributed by atoms with van der Waals surface area (Å²) in [6, 6.07) is 5.86. The number of hydrogen-bond donors (Lipinski definition) is 0. The van der Waals surface area contributed by atoms with Crippen molar-refractivity contribution in [2.24, 2.45) is 0 Å². The Labute approximate surface area is 95.0 Å². The van der Waals surface area contributed by atoms with Gasteiger partial charge in [-0.2, -0.15) is 0 Å². The molecule has 0 unspecified atom stereocenters. The third kappa shape index (κ3) is 1.69. The fraction of sp³-hybridized carbons (Fsp3) is 0.308. The van der Waals surface area contributed by atoms with Crippen LogP contribution in [0.4, 0.5) is 0 Å². The molecule has 2 rings (SSSR count). The standard InChI is InChI=1S/C13H15NO2/c1-8-5-9(2)14-11-6-10(15-3)7-12(16-4)13(8)11/h5-7H,1-4H3. The molecule has 3 heteroatoms. The van der Waals surface area contributed by atoms with Gasteiger partial charge in [-0.05, 0) is 25.5 Å². The molecule has 0 aliphatic heterocycles. The van der Waals surface area contributed by atoms with Crippen molar-refractivity contribution >= 4 is 10.9 Å². The van der Waals surface area contributed by atoms with Crippen LogP contribution in [-0.2, 0) is 0 Å². The molecule has 0 radical (unpaired) electrons. The lowest BCUT2D eigenvalue weighted by atomic mass is 10.1. The number of benzene rings is 1. The monoisotopic (exact) mass is 217 g/mol. The summed E-state index contributed by atoms with van der Waals surface area (Å²) in [6.07, 6.45) is 0. The van der Waals surface area contributed by atoms with Crippen LogP contribution in [0.2, 0.25) is 0 Å². The summed E-state index contributed by atoms with van der Waals surface area (Å²) in [6.45, 7) is 4.05. The van der Waals surface area contributed by atoms with E-state index in [1.807, 2.05) is 19.1 Å². The maximum absolute atomic E-state index is 5.37. The molecule has 16 heavy (non-hydrogen) atoms. The highest BCUT2D eigenvalue weighted by Crippen LogP contribution is 2.32. The predicted octanol–water partition coefficient (Wildman–Crippen LogP) is 2.87. The molecule has 0 atom stereocenters. The van der Waals surface area contributed by atoms with Gasteiger partial charge >= 0.3 is 0 Å². The molecular weight excluding hydrogens is 202 g/mol. The van der Waals surface area contributed by atoms with Crippen LogP contribution in [0.3, 0.4) is 0 Å². The molecule has 3 nitrogen and oxygen atoms in total. The summed E-state index contributed by atoms with van der Waals surface area (Å²) < 4.78 is 10.6. The molecule has 0 fully saturated rings. The Morgan fingerprint density at radius 1 is 1.00 bits per heavy atom. The van der Waals surface area contributed by atoms with Gasteiger partial charge in [-0.15, -0.1) is 0 Å². The summed E-state index contributed by atoms with van der Waals surface area (Å²) in [5, 5.41) is 1.05. The Balaban J connectivity index is 2.83. The molecule has 0 spiro atoms. The van der Waals surface area contributed by atoms with Gasteiger partial charge in [-0.1, -0.05) is 0 Å². The number of rotatable bonds is 2. The van der Waals surface area contributed by atoms with Crippen LogP contribution >= 0.6 is 0 Å². The van der Waals surface area contributed by atoms with Gasteiger partial charge in [-0.25, -0.2) is 0 Å². The highest BCUT2D eigenvalue weighted by Gasteiger charge is 2.09. The van der Waals surface area contributed by atoms with Crippen LogP contribution in [0, 0.1) is 13.8 Å². The summed E-state index contributed by atoms with van der Waals surface area (Å²) in [5.74, 6) is 1.57. The van der Waals surface area contributed by atoms with E-state index < -0.39 is 0 Å². The lowest BCUT2D eigenvalue weighted by Crippen LogP contribution is -1.93. The molecule has 0 aliphatic rings. The number of pyridine rings is 1. The fourth-order valence-corrected chi connectivity index (χ4v) is 1.95. The molecule has 1 aromatic carbocycles. The molecule has 0 saturated heterocycles. The van der Waals surface area contributed by atoms with E-state index in [-0.39, 0.29) is 0 Å². The minimum atomic E-state index is 0.766. The van der Waals surface area contributed by atoms with Crippen molar-refractivity contribution in [3.8, 4) is 11.5 Å². The number of aryl methyl sites for hydroxylation is 2. The van der Waals surface area contributed by atoms with Gasteiger partial charge < -0.3 is 9.47 Å². The van der Waals surface area contributed by atoms with Gasteiger partial charge in [0.25, 0.3) is 0 Å². The highest BCUT2D eigenvalue weighted by molar-refractivity contribution is 5.89. The lowest BCUT2D eigenvalue weighted by molar-refractivity contribution is 0.397. The molecule has 0 N–H and O–H groups in total. The smallest absolute Gasteiger partial charge is 0.132 e. The minimum absolute atomic E-state index is 0.766. The topological polar surface area (TPSA) is 31.4 Å². The molecule has 0 amide bonds. The first-order valence-electron chi connectivity index (χ1n) is 5.15. The number of fused-ring (bicyclic) bond motifs is 1. The summed E-state index contributed by atoms with van der Waals surface area (Å²) in [5.41, 5.74) is 3.08. The van der Waals surface area contributed by atoms with Crippen LogP contribution in [0.25, 0.3) is 10.9 Å². The Morgan fingerprint density at radius 3 is 2.38 bits per heavy atom. The zero-order valence-corrected chi connectivity index (χ0v) is 10.00. The Kier molecular flexibility index (Phi) is 2.69. The maximum atomic E-state index is 5.37. The number of methoxy groups -OCH3 is 2. The zero-order chi connectivity index (χ0) is 11.7. The third-order valence-corrected chi connectivity index (χ3v) is 2.63. The number of nitrogens with zero attached hydrogens (tertiary/aromatic N) is 1. The van der Waals surface area contributed by atoms with E-state index >= 15 is 0 Å². The van der Waals surface area contributed by atoms with Crippen molar-refractivity contribution in [2.45, 2.75) is 13.8 Å². The minimum Gasteiger partial charge on any atom is -0.497 e. The first kappa shape index (κ1) is 10.7. The summed E-state index contributed by atoms with van der Waals surface area (Å²) in [4.78, 5) is 4.49. The van der Waals surface area contributed by atoms with Crippen molar-refractivity contribution < 1.29 is 9.47 Å². The Morgan fingerprint density at radius 2 is 1.75 bits per heavy atom. The summed E-state index contributed by atoms with van der Waals surface area (Å²) >= 11 is 0. The SMILES string of the molecule is COc1cc(OC)c2c(C)cc(C)nc2c1. The van der Waals surface area contributed by atoms with Crippen LogP contribution in [0.5, 0.6) is 11.5 Å². The van der Waals surface area contributed by atoms with Gasteiger partial charge in [0.05, 0.1) is 19.7 Å². The fourth-order valence-electron chi connectivity index (χ4n) is 1.95. The Hall–Kier alpha value is -1.77. The Bertz CT molecular complexity index is 535. The van der Waals surface area contributed by atoms with Crippen molar-refractivity contribution in [1.82, 2.24) is 4.98 Å². The number of aromatic nitrogens is 1. The van der Waals surface area contributed by atoms with Crippen molar-refractivity contribution in [2.75, 3.05) is 14.2 Å². The number of ether oxygens (including phenoxy) is 2. The second-order valence-electron chi connectivity index (χ2n) is 3.80. The van der Waals surface area contributed by atoms with Crippen LogP contribution in [-0.4, -0.2) is 19.2 Å². The average Bonchev–Trinajstić information content (AvgIpc) is 2.26.